The van der Waals surface area contributed by atoms with Crippen molar-refractivity contribution in [3.8, 4) is 0 Å². The number of carbonyl (C=O) groups is 3. The van der Waals surface area contributed by atoms with Crippen molar-refractivity contribution in [1.29, 1.82) is 0 Å². The number of carbonyl (C=O) groups excluding carboxylic acids is 3. The van der Waals surface area contributed by atoms with E-state index in [4.69, 9.17) is 14.2 Å². The summed E-state index contributed by atoms with van der Waals surface area (Å²) in [5.41, 5.74) is 0. The zero-order chi connectivity index (χ0) is 50.0. The number of unbranched alkanes of at least 4 members (excludes halogenated alkanes) is 18. The Kier molecular flexibility index (Phi) is 53.0. The number of esters is 3. The van der Waals surface area contributed by atoms with E-state index in [0.29, 0.717) is 19.3 Å². The van der Waals surface area contributed by atoms with Gasteiger partial charge in [-0.3, -0.25) is 14.4 Å². The Morgan fingerprint density at radius 1 is 0.304 bits per heavy atom. The molecule has 0 aromatic heterocycles. The second-order valence-corrected chi connectivity index (χ2v) is 18.1. The molecular weight excluding hydrogens is 853 g/mol. The standard InChI is InChI=1S/C63H102O6/c1-4-7-10-13-16-19-22-25-28-30-31-33-36-38-41-44-47-50-53-56-62(65)68-59-60(69-63(66)57-54-51-48-45-42-39-34-27-24-21-18-15-12-9-6-3)58-67-61(64)55-52-49-46-43-40-37-35-32-29-26-23-20-17-14-11-8-5-2/h7,10,16-17,19-20,25-29,31,33-35,37-38,41,47,50,60H,4-6,8-9,11-15,18,21-24,30,32,36,39-40,42-46,48-49,51-59H2,1-3H3/b10-7-,19-16-,20-17-,28-25-,29-26-,33-31-,34-27-,37-35-,41-38-,50-47-/t60-/m0/s1. The number of ether oxygens (including phenoxy) is 3. The van der Waals surface area contributed by atoms with Crippen molar-refractivity contribution < 1.29 is 28.6 Å². The van der Waals surface area contributed by atoms with Gasteiger partial charge in [0.1, 0.15) is 13.2 Å². The lowest BCUT2D eigenvalue weighted by Gasteiger charge is -2.18. The quantitative estimate of drug-likeness (QED) is 0.0262. The highest BCUT2D eigenvalue weighted by Crippen LogP contribution is 2.13. The molecule has 0 saturated heterocycles. The molecule has 390 valence electrons. The van der Waals surface area contributed by atoms with Crippen molar-refractivity contribution in [1.82, 2.24) is 0 Å². The van der Waals surface area contributed by atoms with E-state index in [-0.39, 0.29) is 37.5 Å². The first-order valence-electron chi connectivity index (χ1n) is 28.0. The topological polar surface area (TPSA) is 78.9 Å². The Morgan fingerprint density at radius 2 is 0.594 bits per heavy atom. The van der Waals surface area contributed by atoms with E-state index in [9.17, 15) is 14.4 Å². The van der Waals surface area contributed by atoms with Crippen LogP contribution in [0.5, 0.6) is 0 Å². The maximum Gasteiger partial charge on any atom is 0.306 e. The lowest BCUT2D eigenvalue weighted by Crippen LogP contribution is -2.30. The third-order valence-electron chi connectivity index (χ3n) is 11.4. The summed E-state index contributed by atoms with van der Waals surface area (Å²) < 4.78 is 16.8. The van der Waals surface area contributed by atoms with Crippen molar-refractivity contribution >= 4 is 17.9 Å². The number of hydrogen-bond acceptors (Lipinski definition) is 6. The maximum atomic E-state index is 12.8. The Balaban J connectivity index is 4.57. The summed E-state index contributed by atoms with van der Waals surface area (Å²) in [7, 11) is 0. The molecule has 0 aromatic rings. The van der Waals surface area contributed by atoms with Crippen molar-refractivity contribution in [2.45, 2.75) is 245 Å². The minimum Gasteiger partial charge on any atom is -0.462 e. The van der Waals surface area contributed by atoms with Crippen LogP contribution in [0.15, 0.2) is 122 Å². The molecule has 1 atom stereocenters. The van der Waals surface area contributed by atoms with Gasteiger partial charge in [0.2, 0.25) is 0 Å². The summed E-state index contributed by atoms with van der Waals surface area (Å²) >= 11 is 0. The monoisotopic (exact) mass is 955 g/mol. The zero-order valence-electron chi connectivity index (χ0n) is 44.5. The van der Waals surface area contributed by atoms with E-state index in [1.807, 2.05) is 12.2 Å². The third-order valence-corrected chi connectivity index (χ3v) is 11.4. The van der Waals surface area contributed by atoms with Crippen molar-refractivity contribution in [2.24, 2.45) is 0 Å². The fourth-order valence-corrected chi connectivity index (χ4v) is 7.23. The van der Waals surface area contributed by atoms with Gasteiger partial charge in [-0.25, -0.2) is 0 Å². The van der Waals surface area contributed by atoms with Gasteiger partial charge in [0.05, 0.1) is 0 Å². The summed E-state index contributed by atoms with van der Waals surface area (Å²) in [6, 6.07) is 0. The number of rotatable bonds is 49. The van der Waals surface area contributed by atoms with Crippen molar-refractivity contribution in [3.05, 3.63) is 122 Å². The van der Waals surface area contributed by atoms with Crippen LogP contribution in [0.2, 0.25) is 0 Å². The second-order valence-electron chi connectivity index (χ2n) is 18.1. The van der Waals surface area contributed by atoms with Crippen LogP contribution in [0, 0.1) is 0 Å². The Labute approximate surface area is 424 Å². The molecule has 6 heteroatoms. The fraction of sp³-hybridized carbons (Fsp3) is 0.635. The molecule has 0 radical (unpaired) electrons. The van der Waals surface area contributed by atoms with Gasteiger partial charge < -0.3 is 14.2 Å². The molecule has 0 spiro atoms. The Morgan fingerprint density at radius 3 is 1.01 bits per heavy atom. The first-order chi connectivity index (χ1) is 34.0. The SMILES string of the molecule is CC/C=C\C/C=C\C/C=C\C/C=C\C/C=C\C/C=C\CCC(=O)OC[C@H](COC(=O)CCCCCC/C=C\C/C=C\C/C=C\CCCCC)OC(=O)CCCCCCC/C=C\CCCCCCCC. The first-order valence-corrected chi connectivity index (χ1v) is 28.0. The van der Waals surface area contributed by atoms with Gasteiger partial charge in [0, 0.05) is 19.3 Å². The highest BCUT2D eigenvalue weighted by atomic mass is 16.6. The minimum atomic E-state index is -0.826. The van der Waals surface area contributed by atoms with Crippen LogP contribution in [-0.4, -0.2) is 37.2 Å². The van der Waals surface area contributed by atoms with E-state index in [0.717, 1.165) is 116 Å². The molecule has 0 fully saturated rings. The van der Waals surface area contributed by atoms with Crippen LogP contribution in [0.25, 0.3) is 0 Å². The van der Waals surface area contributed by atoms with Crippen LogP contribution in [0.1, 0.15) is 239 Å². The second kappa shape index (κ2) is 56.4. The number of allylic oxidation sites excluding steroid dienone is 20. The van der Waals surface area contributed by atoms with Crippen molar-refractivity contribution in [3.63, 3.8) is 0 Å². The molecule has 0 N–H and O–H groups in total. The molecule has 0 aliphatic carbocycles. The molecule has 69 heavy (non-hydrogen) atoms. The zero-order valence-corrected chi connectivity index (χ0v) is 44.5. The first kappa shape index (κ1) is 64.8. The average Bonchev–Trinajstić information content (AvgIpc) is 3.35. The minimum absolute atomic E-state index is 0.119. The molecule has 0 aliphatic rings. The molecule has 0 unspecified atom stereocenters. The predicted octanol–water partition coefficient (Wildman–Crippen LogP) is 18.9. The van der Waals surface area contributed by atoms with Gasteiger partial charge in [0.15, 0.2) is 6.10 Å². The van der Waals surface area contributed by atoms with Gasteiger partial charge in [0.25, 0.3) is 0 Å². The molecule has 0 rings (SSSR count). The highest BCUT2D eigenvalue weighted by molar-refractivity contribution is 5.71. The van der Waals surface area contributed by atoms with Gasteiger partial charge in [-0.05, 0) is 122 Å². The lowest BCUT2D eigenvalue weighted by molar-refractivity contribution is -0.166. The van der Waals surface area contributed by atoms with Gasteiger partial charge in [-0.2, -0.15) is 0 Å². The summed E-state index contributed by atoms with van der Waals surface area (Å²) in [6.07, 6.45) is 77.6. The van der Waals surface area contributed by atoms with Crippen LogP contribution >= 0.6 is 0 Å². The maximum absolute atomic E-state index is 12.8. The molecule has 6 nitrogen and oxygen atoms in total. The molecule has 0 aliphatic heterocycles. The van der Waals surface area contributed by atoms with Crippen LogP contribution < -0.4 is 0 Å². The van der Waals surface area contributed by atoms with Gasteiger partial charge >= 0.3 is 17.9 Å². The Hall–Kier alpha value is -4.19. The Bertz CT molecular complexity index is 1470. The smallest absolute Gasteiger partial charge is 0.306 e. The predicted molar refractivity (Wildman–Crippen MR) is 297 cm³/mol. The summed E-state index contributed by atoms with van der Waals surface area (Å²) in [6.45, 7) is 6.39. The van der Waals surface area contributed by atoms with Crippen LogP contribution in [0.3, 0.4) is 0 Å². The third kappa shape index (κ3) is 54.6. The van der Waals surface area contributed by atoms with E-state index in [1.165, 1.54) is 77.0 Å². The van der Waals surface area contributed by atoms with E-state index in [2.05, 4.69) is 130 Å². The molecule has 0 bridgehead atoms. The van der Waals surface area contributed by atoms with Crippen LogP contribution in [0.4, 0.5) is 0 Å². The highest BCUT2D eigenvalue weighted by Gasteiger charge is 2.19. The van der Waals surface area contributed by atoms with E-state index >= 15 is 0 Å². The lowest BCUT2D eigenvalue weighted by atomic mass is 10.1. The summed E-state index contributed by atoms with van der Waals surface area (Å²) in [4.78, 5) is 38.1. The van der Waals surface area contributed by atoms with Gasteiger partial charge in [-0.1, -0.05) is 219 Å². The normalized spacial score (nSPS) is 13.0. The average molecular weight is 956 g/mol. The summed E-state index contributed by atoms with van der Waals surface area (Å²) in [5, 5.41) is 0. The molecular formula is C63H102O6. The molecule has 0 heterocycles. The van der Waals surface area contributed by atoms with Crippen molar-refractivity contribution in [2.75, 3.05) is 13.2 Å². The van der Waals surface area contributed by atoms with E-state index < -0.39 is 6.10 Å². The molecule has 0 saturated carbocycles. The van der Waals surface area contributed by atoms with E-state index in [1.54, 1.807) is 0 Å². The van der Waals surface area contributed by atoms with Gasteiger partial charge in [-0.15, -0.1) is 0 Å². The summed E-state index contributed by atoms with van der Waals surface area (Å²) in [5.74, 6) is -1.04. The molecule has 0 aromatic carbocycles. The molecule has 0 amide bonds. The number of hydrogen-bond donors (Lipinski definition) is 0. The largest absolute Gasteiger partial charge is 0.462 e. The fourth-order valence-electron chi connectivity index (χ4n) is 7.23. The van der Waals surface area contributed by atoms with Crippen LogP contribution in [-0.2, 0) is 28.6 Å².